The zero-order valence-electron chi connectivity index (χ0n) is 11.9. The van der Waals surface area contributed by atoms with Crippen molar-refractivity contribution in [2.75, 3.05) is 7.11 Å². The number of methoxy groups -OCH3 is 1. The smallest absolute Gasteiger partial charge is 0.306 e. The molecule has 1 amide bonds. The third-order valence-electron chi connectivity index (χ3n) is 3.76. The van der Waals surface area contributed by atoms with Crippen molar-refractivity contribution < 1.29 is 24.4 Å². The Morgan fingerprint density at radius 2 is 2.14 bits per heavy atom. The summed E-state index contributed by atoms with van der Waals surface area (Å²) in [6.45, 7) is 0. The number of benzene rings is 1. The van der Waals surface area contributed by atoms with E-state index in [-0.39, 0.29) is 23.0 Å². The van der Waals surface area contributed by atoms with Gasteiger partial charge in [0, 0.05) is 18.2 Å². The number of hydrogen-bond acceptors (Lipinski definition) is 5. The molecule has 0 spiro atoms. The molecule has 0 aliphatic heterocycles. The summed E-state index contributed by atoms with van der Waals surface area (Å²) in [6, 6.07) is 3.52. The van der Waals surface area contributed by atoms with E-state index in [0.717, 1.165) is 6.07 Å². The van der Waals surface area contributed by atoms with Crippen molar-refractivity contribution in [2.24, 2.45) is 5.92 Å². The molecule has 0 unspecified atom stereocenters. The molecule has 1 aliphatic rings. The van der Waals surface area contributed by atoms with Crippen LogP contribution in [0.4, 0.5) is 5.69 Å². The molecule has 8 heteroatoms. The van der Waals surface area contributed by atoms with Crippen LogP contribution in [0.5, 0.6) is 5.75 Å². The van der Waals surface area contributed by atoms with Crippen molar-refractivity contribution in [1.82, 2.24) is 5.32 Å². The zero-order valence-corrected chi connectivity index (χ0v) is 11.9. The summed E-state index contributed by atoms with van der Waals surface area (Å²) in [5.41, 5.74) is -0.142. The number of amides is 1. The lowest BCUT2D eigenvalue weighted by Crippen LogP contribution is -2.33. The maximum atomic E-state index is 12.3. The number of carboxylic acid groups (broad SMARTS) is 1. The summed E-state index contributed by atoms with van der Waals surface area (Å²) in [7, 11) is 1.37. The molecule has 22 heavy (non-hydrogen) atoms. The molecule has 0 heterocycles. The predicted molar refractivity (Wildman–Crippen MR) is 75.9 cm³/mol. The highest BCUT2D eigenvalue weighted by molar-refractivity contribution is 5.97. The second kappa shape index (κ2) is 6.42. The zero-order chi connectivity index (χ0) is 16.3. The minimum absolute atomic E-state index is 0.0653. The lowest BCUT2D eigenvalue weighted by molar-refractivity contribution is -0.384. The quantitative estimate of drug-likeness (QED) is 0.629. The van der Waals surface area contributed by atoms with E-state index in [0.29, 0.717) is 19.3 Å². The van der Waals surface area contributed by atoms with Gasteiger partial charge in [0.2, 0.25) is 0 Å². The summed E-state index contributed by atoms with van der Waals surface area (Å²) < 4.78 is 5.05. The van der Waals surface area contributed by atoms with Crippen molar-refractivity contribution in [3.8, 4) is 5.75 Å². The van der Waals surface area contributed by atoms with Crippen LogP contribution in [-0.4, -0.2) is 35.1 Å². The summed E-state index contributed by atoms with van der Waals surface area (Å²) in [6.07, 6.45) is 1.44. The van der Waals surface area contributed by atoms with Gasteiger partial charge in [-0.05, 0) is 25.3 Å². The minimum atomic E-state index is -0.871. The van der Waals surface area contributed by atoms with Gasteiger partial charge in [-0.25, -0.2) is 0 Å². The molecule has 1 fully saturated rings. The Morgan fingerprint density at radius 3 is 2.68 bits per heavy atom. The Hall–Kier alpha value is -2.64. The third-order valence-corrected chi connectivity index (χ3v) is 3.76. The van der Waals surface area contributed by atoms with Gasteiger partial charge in [-0.3, -0.25) is 19.7 Å². The normalized spacial score (nSPS) is 20.4. The third kappa shape index (κ3) is 3.33. The number of carbonyl (C=O) groups excluding carboxylic acids is 1. The minimum Gasteiger partial charge on any atom is -0.496 e. The summed E-state index contributed by atoms with van der Waals surface area (Å²) in [4.78, 5) is 33.4. The van der Waals surface area contributed by atoms with Crippen molar-refractivity contribution in [1.29, 1.82) is 0 Å². The number of ether oxygens (including phenoxy) is 1. The Labute approximate surface area is 126 Å². The molecule has 2 N–H and O–H groups in total. The number of carboxylic acids is 1. The number of hydrogen-bond donors (Lipinski definition) is 2. The van der Waals surface area contributed by atoms with Gasteiger partial charge in [-0.2, -0.15) is 0 Å². The van der Waals surface area contributed by atoms with Crippen LogP contribution in [0.3, 0.4) is 0 Å². The molecule has 0 bridgehead atoms. The van der Waals surface area contributed by atoms with E-state index in [1.54, 1.807) is 0 Å². The van der Waals surface area contributed by atoms with Crippen molar-refractivity contribution in [2.45, 2.75) is 25.3 Å². The van der Waals surface area contributed by atoms with Crippen LogP contribution in [0.15, 0.2) is 18.2 Å². The van der Waals surface area contributed by atoms with E-state index in [1.165, 1.54) is 19.2 Å². The first-order valence-corrected chi connectivity index (χ1v) is 6.78. The Morgan fingerprint density at radius 1 is 1.41 bits per heavy atom. The average molecular weight is 308 g/mol. The van der Waals surface area contributed by atoms with Crippen LogP contribution in [0.2, 0.25) is 0 Å². The number of non-ortho nitro benzene ring substituents is 1. The predicted octanol–water partition coefficient (Wildman–Crippen LogP) is 1.59. The fraction of sp³-hybridized carbons (Fsp3) is 0.429. The molecule has 2 rings (SSSR count). The number of rotatable bonds is 5. The maximum Gasteiger partial charge on any atom is 0.306 e. The maximum absolute atomic E-state index is 12.3. The Bertz CT molecular complexity index is 615. The molecular formula is C14H16N2O6. The van der Waals surface area contributed by atoms with Gasteiger partial charge < -0.3 is 15.2 Å². The van der Waals surface area contributed by atoms with Crippen LogP contribution in [-0.2, 0) is 4.79 Å². The Kier molecular flexibility index (Phi) is 4.59. The number of nitro groups is 1. The SMILES string of the molecule is COc1ccc([N+](=O)[O-])cc1C(=O)N[C@H]1CC[C@@H](C(=O)O)C1. The molecule has 8 nitrogen and oxygen atoms in total. The number of carbonyl (C=O) groups is 2. The van der Waals surface area contributed by atoms with Crippen LogP contribution >= 0.6 is 0 Å². The number of nitrogens with zero attached hydrogens (tertiary/aromatic N) is 1. The molecule has 0 radical (unpaired) electrons. The van der Waals surface area contributed by atoms with Crippen LogP contribution in [0, 0.1) is 16.0 Å². The highest BCUT2D eigenvalue weighted by Crippen LogP contribution is 2.28. The second-order valence-electron chi connectivity index (χ2n) is 5.16. The molecular weight excluding hydrogens is 292 g/mol. The van der Waals surface area contributed by atoms with E-state index >= 15 is 0 Å². The van der Waals surface area contributed by atoms with Crippen LogP contribution in [0.25, 0.3) is 0 Å². The fourth-order valence-electron chi connectivity index (χ4n) is 2.59. The van der Waals surface area contributed by atoms with E-state index < -0.39 is 22.7 Å². The Balaban J connectivity index is 2.14. The van der Waals surface area contributed by atoms with Gasteiger partial charge >= 0.3 is 5.97 Å². The lowest BCUT2D eigenvalue weighted by atomic mass is 10.1. The first kappa shape index (κ1) is 15.7. The molecule has 0 aromatic heterocycles. The van der Waals surface area contributed by atoms with Crippen LogP contribution in [0.1, 0.15) is 29.6 Å². The molecule has 2 atom stereocenters. The van der Waals surface area contributed by atoms with Crippen molar-refractivity contribution in [3.63, 3.8) is 0 Å². The van der Waals surface area contributed by atoms with Gasteiger partial charge in [-0.1, -0.05) is 0 Å². The molecule has 0 saturated heterocycles. The monoisotopic (exact) mass is 308 g/mol. The molecule has 1 aromatic carbocycles. The van der Waals surface area contributed by atoms with Gasteiger partial charge in [0.25, 0.3) is 11.6 Å². The molecule has 1 aliphatic carbocycles. The van der Waals surface area contributed by atoms with Gasteiger partial charge in [-0.15, -0.1) is 0 Å². The fourth-order valence-corrected chi connectivity index (χ4v) is 2.59. The van der Waals surface area contributed by atoms with E-state index in [4.69, 9.17) is 9.84 Å². The van der Waals surface area contributed by atoms with E-state index in [1.807, 2.05) is 0 Å². The van der Waals surface area contributed by atoms with Crippen LogP contribution < -0.4 is 10.1 Å². The largest absolute Gasteiger partial charge is 0.496 e. The highest BCUT2D eigenvalue weighted by Gasteiger charge is 2.31. The highest BCUT2D eigenvalue weighted by atomic mass is 16.6. The molecule has 1 aromatic rings. The summed E-state index contributed by atoms with van der Waals surface area (Å²) in [5, 5.41) is 22.5. The summed E-state index contributed by atoms with van der Waals surface area (Å²) in [5.74, 6) is -1.60. The van der Waals surface area contributed by atoms with Crippen molar-refractivity contribution >= 4 is 17.6 Å². The van der Waals surface area contributed by atoms with Gasteiger partial charge in [0.05, 0.1) is 23.5 Å². The average Bonchev–Trinajstić information content (AvgIpc) is 2.95. The molecule has 118 valence electrons. The number of nitro benzene ring substituents is 1. The van der Waals surface area contributed by atoms with Crippen molar-refractivity contribution in [3.05, 3.63) is 33.9 Å². The van der Waals surface area contributed by atoms with E-state index in [9.17, 15) is 19.7 Å². The number of nitrogens with one attached hydrogen (secondary N) is 1. The standard InChI is InChI=1S/C14H16N2O6/c1-22-12-5-4-10(16(20)21)7-11(12)13(17)15-9-3-2-8(6-9)14(18)19/h4-5,7-9H,2-3,6H2,1H3,(H,15,17)(H,18,19)/t8-,9+/m1/s1. The first-order chi connectivity index (χ1) is 10.4. The summed E-state index contributed by atoms with van der Waals surface area (Å²) >= 11 is 0. The molecule has 1 saturated carbocycles. The topological polar surface area (TPSA) is 119 Å². The number of aliphatic carboxylic acids is 1. The van der Waals surface area contributed by atoms with Gasteiger partial charge in [0.1, 0.15) is 5.75 Å². The second-order valence-corrected chi connectivity index (χ2v) is 5.16. The lowest BCUT2D eigenvalue weighted by Gasteiger charge is -2.14. The van der Waals surface area contributed by atoms with E-state index in [2.05, 4.69) is 5.32 Å². The van der Waals surface area contributed by atoms with Gasteiger partial charge in [0.15, 0.2) is 0 Å². The first-order valence-electron chi connectivity index (χ1n) is 6.78.